The first-order valence-corrected chi connectivity index (χ1v) is 13.6. The predicted octanol–water partition coefficient (Wildman–Crippen LogP) is 6.65. The molecule has 2 heterocycles. The van der Waals surface area contributed by atoms with Crippen LogP contribution in [0.1, 0.15) is 47.2 Å². The van der Waals surface area contributed by atoms with Gasteiger partial charge in [-0.15, -0.1) is 0 Å². The maximum absolute atomic E-state index is 13.6. The fourth-order valence-electron chi connectivity index (χ4n) is 4.95. The number of aryl methyl sites for hydroxylation is 3. The molecule has 1 aromatic heterocycles. The number of carbonyl (C=O) groups is 2. The molecule has 5 rings (SSSR count). The van der Waals surface area contributed by atoms with Gasteiger partial charge in [0.05, 0.1) is 35.5 Å². The number of rotatable bonds is 7. The molecular formula is C31H30N2O5S. The molecule has 39 heavy (non-hydrogen) atoms. The van der Waals surface area contributed by atoms with Crippen LogP contribution in [-0.4, -0.2) is 35.5 Å². The van der Waals surface area contributed by atoms with Crippen molar-refractivity contribution in [1.82, 2.24) is 4.98 Å². The number of aliphatic hydroxyl groups is 1. The number of benzene rings is 3. The lowest BCUT2D eigenvalue weighted by molar-refractivity contribution is -0.132. The minimum absolute atomic E-state index is 0.0129. The molecule has 1 amide bonds. The lowest BCUT2D eigenvalue weighted by atomic mass is 9.95. The Morgan fingerprint density at radius 3 is 2.44 bits per heavy atom. The SMILES string of the molecule is CCCOc1ccc(C2/C(=C(\O)c3ccc(OC)c(C)c3)C(=O)C(=O)N2c2nc3c(C)cc(C)cc3s2)cc1. The molecular weight excluding hydrogens is 512 g/mol. The summed E-state index contributed by atoms with van der Waals surface area (Å²) in [6.45, 7) is 8.46. The zero-order valence-electron chi connectivity index (χ0n) is 22.6. The Labute approximate surface area is 231 Å². The zero-order chi connectivity index (χ0) is 27.8. The smallest absolute Gasteiger partial charge is 0.301 e. The Morgan fingerprint density at radius 1 is 1.03 bits per heavy atom. The number of amides is 1. The first-order valence-electron chi connectivity index (χ1n) is 12.8. The minimum atomic E-state index is -0.866. The average Bonchev–Trinajstić information content (AvgIpc) is 3.45. The van der Waals surface area contributed by atoms with E-state index in [1.165, 1.54) is 16.2 Å². The number of ether oxygens (including phenoxy) is 2. The molecule has 1 unspecified atom stereocenters. The van der Waals surface area contributed by atoms with E-state index in [0.29, 0.717) is 34.4 Å². The van der Waals surface area contributed by atoms with Crippen molar-refractivity contribution >= 4 is 44.1 Å². The largest absolute Gasteiger partial charge is 0.507 e. The van der Waals surface area contributed by atoms with E-state index in [9.17, 15) is 14.7 Å². The van der Waals surface area contributed by atoms with Crippen LogP contribution in [0.25, 0.3) is 16.0 Å². The molecule has 1 saturated heterocycles. The molecule has 1 fully saturated rings. The second-order valence-electron chi connectivity index (χ2n) is 9.70. The van der Waals surface area contributed by atoms with Gasteiger partial charge in [-0.05, 0) is 85.8 Å². The molecule has 0 aliphatic carbocycles. The van der Waals surface area contributed by atoms with Crippen molar-refractivity contribution in [2.45, 2.75) is 40.2 Å². The molecule has 1 aliphatic rings. The molecule has 7 nitrogen and oxygen atoms in total. The lowest BCUT2D eigenvalue weighted by Crippen LogP contribution is -2.29. The number of ketones is 1. The molecule has 0 bridgehead atoms. The van der Waals surface area contributed by atoms with E-state index >= 15 is 0 Å². The summed E-state index contributed by atoms with van der Waals surface area (Å²) in [7, 11) is 1.57. The van der Waals surface area contributed by atoms with Gasteiger partial charge < -0.3 is 14.6 Å². The number of methoxy groups -OCH3 is 1. The van der Waals surface area contributed by atoms with Gasteiger partial charge in [-0.3, -0.25) is 14.5 Å². The Balaban J connectivity index is 1.69. The molecule has 1 aliphatic heterocycles. The summed E-state index contributed by atoms with van der Waals surface area (Å²) in [6.07, 6.45) is 0.875. The van der Waals surface area contributed by atoms with Crippen molar-refractivity contribution < 1.29 is 24.2 Å². The van der Waals surface area contributed by atoms with Gasteiger partial charge >= 0.3 is 5.91 Å². The van der Waals surface area contributed by atoms with Gasteiger partial charge in [0.2, 0.25) is 0 Å². The molecule has 0 saturated carbocycles. The van der Waals surface area contributed by atoms with Gasteiger partial charge in [-0.25, -0.2) is 4.98 Å². The van der Waals surface area contributed by atoms with Crippen LogP contribution in [0.5, 0.6) is 11.5 Å². The van der Waals surface area contributed by atoms with E-state index in [1.807, 2.05) is 64.1 Å². The summed E-state index contributed by atoms with van der Waals surface area (Å²) in [5, 5.41) is 11.9. The lowest BCUT2D eigenvalue weighted by Gasteiger charge is -2.23. The first-order chi connectivity index (χ1) is 18.7. The summed E-state index contributed by atoms with van der Waals surface area (Å²) >= 11 is 1.35. The minimum Gasteiger partial charge on any atom is -0.507 e. The van der Waals surface area contributed by atoms with Crippen LogP contribution in [0, 0.1) is 20.8 Å². The highest BCUT2D eigenvalue weighted by Crippen LogP contribution is 2.45. The van der Waals surface area contributed by atoms with Crippen LogP contribution in [-0.2, 0) is 9.59 Å². The molecule has 0 spiro atoms. The fourth-order valence-corrected chi connectivity index (χ4v) is 6.12. The third-order valence-corrected chi connectivity index (χ3v) is 7.81. The van der Waals surface area contributed by atoms with E-state index in [4.69, 9.17) is 14.5 Å². The van der Waals surface area contributed by atoms with Crippen LogP contribution in [0.4, 0.5) is 5.13 Å². The Kier molecular flexibility index (Phi) is 7.14. The summed E-state index contributed by atoms with van der Waals surface area (Å²) in [6, 6.07) is 15.6. The zero-order valence-corrected chi connectivity index (χ0v) is 23.4. The monoisotopic (exact) mass is 542 g/mol. The maximum Gasteiger partial charge on any atom is 0.301 e. The van der Waals surface area contributed by atoms with Gasteiger partial charge in [-0.1, -0.05) is 36.5 Å². The fraction of sp³-hybridized carbons (Fsp3) is 0.258. The van der Waals surface area contributed by atoms with Crippen LogP contribution in [0.2, 0.25) is 0 Å². The van der Waals surface area contributed by atoms with Gasteiger partial charge in [0.1, 0.15) is 17.3 Å². The number of hydrogen-bond acceptors (Lipinski definition) is 7. The normalized spacial score (nSPS) is 16.7. The van der Waals surface area contributed by atoms with E-state index < -0.39 is 17.7 Å². The second kappa shape index (κ2) is 10.5. The van der Waals surface area contributed by atoms with Crippen molar-refractivity contribution in [3.63, 3.8) is 0 Å². The van der Waals surface area contributed by atoms with Gasteiger partial charge in [0.25, 0.3) is 5.78 Å². The number of nitrogens with zero attached hydrogens (tertiary/aromatic N) is 2. The maximum atomic E-state index is 13.6. The third kappa shape index (κ3) is 4.76. The van der Waals surface area contributed by atoms with E-state index in [-0.39, 0.29) is 11.3 Å². The molecule has 200 valence electrons. The van der Waals surface area contributed by atoms with Crippen molar-refractivity contribution in [2.75, 3.05) is 18.6 Å². The molecule has 1 N–H and O–H groups in total. The third-order valence-electron chi connectivity index (χ3n) is 6.81. The van der Waals surface area contributed by atoms with Gasteiger partial charge in [-0.2, -0.15) is 0 Å². The number of aliphatic hydroxyl groups excluding tert-OH is 1. The summed E-state index contributed by atoms with van der Waals surface area (Å²) in [5.41, 5.74) is 4.76. The first kappa shape index (κ1) is 26.4. The molecule has 3 aromatic carbocycles. The van der Waals surface area contributed by atoms with Crippen molar-refractivity contribution in [3.05, 3.63) is 88.0 Å². The molecule has 0 radical (unpaired) electrons. The Bertz CT molecular complexity index is 1620. The van der Waals surface area contributed by atoms with E-state index in [2.05, 4.69) is 0 Å². The Hall–Kier alpha value is -4.17. The van der Waals surface area contributed by atoms with Gasteiger partial charge in [0, 0.05) is 5.56 Å². The second-order valence-corrected chi connectivity index (χ2v) is 10.7. The standard InChI is InChI=1S/C31H30N2O5S/c1-6-13-38-22-10-7-20(8-11-22)27-25(28(34)21-9-12-23(37-5)18(3)16-21)29(35)30(36)33(27)31-32-26-19(4)14-17(2)15-24(26)39-31/h7-12,14-16,27,34H,6,13H2,1-5H3/b28-25+. The summed E-state index contributed by atoms with van der Waals surface area (Å²) in [5.74, 6) is -0.386. The molecule has 4 aromatic rings. The number of anilines is 1. The Morgan fingerprint density at radius 2 is 1.77 bits per heavy atom. The van der Waals surface area contributed by atoms with Gasteiger partial charge in [0.15, 0.2) is 5.13 Å². The summed E-state index contributed by atoms with van der Waals surface area (Å²) in [4.78, 5) is 33.3. The van der Waals surface area contributed by atoms with Crippen LogP contribution in [0.3, 0.4) is 0 Å². The topological polar surface area (TPSA) is 89.0 Å². The van der Waals surface area contributed by atoms with E-state index in [1.54, 1.807) is 25.3 Å². The van der Waals surface area contributed by atoms with Crippen LogP contribution in [0.15, 0.2) is 60.2 Å². The molecule has 1 atom stereocenters. The van der Waals surface area contributed by atoms with Crippen LogP contribution < -0.4 is 14.4 Å². The highest BCUT2D eigenvalue weighted by atomic mass is 32.1. The average molecular weight is 543 g/mol. The number of Topliss-reactive ketones (excluding diaryl/α,β-unsaturated/α-hetero) is 1. The highest BCUT2D eigenvalue weighted by molar-refractivity contribution is 7.22. The number of thiazole rings is 1. The number of aromatic nitrogens is 1. The number of carbonyl (C=O) groups excluding carboxylic acids is 2. The highest BCUT2D eigenvalue weighted by Gasteiger charge is 2.48. The van der Waals surface area contributed by atoms with Crippen molar-refractivity contribution in [2.24, 2.45) is 0 Å². The van der Waals surface area contributed by atoms with Crippen molar-refractivity contribution in [1.29, 1.82) is 0 Å². The van der Waals surface area contributed by atoms with E-state index in [0.717, 1.165) is 33.3 Å². The van der Waals surface area contributed by atoms with Crippen LogP contribution >= 0.6 is 11.3 Å². The number of hydrogen-bond donors (Lipinski definition) is 1. The van der Waals surface area contributed by atoms with Crippen molar-refractivity contribution in [3.8, 4) is 11.5 Å². The molecule has 8 heteroatoms. The number of fused-ring (bicyclic) bond motifs is 1. The predicted molar refractivity (Wildman–Crippen MR) is 154 cm³/mol. The quantitative estimate of drug-likeness (QED) is 0.160. The summed E-state index contributed by atoms with van der Waals surface area (Å²) < 4.78 is 12.0.